The lowest BCUT2D eigenvalue weighted by atomic mass is 10.0. The van der Waals surface area contributed by atoms with E-state index in [1.807, 2.05) is 6.92 Å². The summed E-state index contributed by atoms with van der Waals surface area (Å²) in [6, 6.07) is 0.473. The zero-order valence-corrected chi connectivity index (χ0v) is 11.8. The number of aryl methyl sites for hydroxylation is 1. The molecule has 100 valence electrons. The summed E-state index contributed by atoms with van der Waals surface area (Å²) < 4.78 is 0. The first-order valence-electron chi connectivity index (χ1n) is 6.63. The van der Waals surface area contributed by atoms with Crippen molar-refractivity contribution in [1.29, 1.82) is 0 Å². The maximum atomic E-state index is 11.2. The van der Waals surface area contributed by atoms with E-state index in [1.54, 1.807) is 0 Å². The second kappa shape index (κ2) is 5.69. The van der Waals surface area contributed by atoms with Crippen LogP contribution in [0.2, 0.25) is 0 Å². The molecule has 0 spiro atoms. The van der Waals surface area contributed by atoms with Crippen LogP contribution in [0.1, 0.15) is 54.9 Å². The van der Waals surface area contributed by atoms with Crippen molar-refractivity contribution in [2.75, 3.05) is 11.4 Å². The van der Waals surface area contributed by atoms with Crippen LogP contribution in [0.4, 0.5) is 5.13 Å². The first kappa shape index (κ1) is 13.3. The Morgan fingerprint density at radius 3 is 2.94 bits per heavy atom. The summed E-state index contributed by atoms with van der Waals surface area (Å²) in [5.74, 6) is -0.841. The monoisotopic (exact) mass is 268 g/mol. The highest BCUT2D eigenvalue weighted by Gasteiger charge is 2.24. The highest BCUT2D eigenvalue weighted by Crippen LogP contribution is 2.31. The average Bonchev–Trinajstić information content (AvgIpc) is 2.74. The number of rotatable bonds is 4. The van der Waals surface area contributed by atoms with Gasteiger partial charge in [-0.2, -0.15) is 0 Å². The van der Waals surface area contributed by atoms with E-state index in [0.29, 0.717) is 10.9 Å². The van der Waals surface area contributed by atoms with Gasteiger partial charge < -0.3 is 10.0 Å². The first-order chi connectivity index (χ1) is 8.63. The van der Waals surface area contributed by atoms with Crippen molar-refractivity contribution in [3.63, 3.8) is 0 Å². The van der Waals surface area contributed by atoms with Gasteiger partial charge in [0.2, 0.25) is 0 Å². The molecule has 5 heteroatoms. The minimum Gasteiger partial charge on any atom is -0.477 e. The molecule has 0 saturated carbocycles. The highest BCUT2D eigenvalue weighted by molar-refractivity contribution is 7.17. The summed E-state index contributed by atoms with van der Waals surface area (Å²) in [5, 5.41) is 10.1. The van der Waals surface area contributed by atoms with Crippen LogP contribution >= 0.6 is 11.3 Å². The maximum absolute atomic E-state index is 11.2. The first-order valence-corrected chi connectivity index (χ1v) is 7.44. The molecule has 1 atom stereocenters. The Kier molecular flexibility index (Phi) is 4.22. The molecule has 0 aliphatic carbocycles. The van der Waals surface area contributed by atoms with Gasteiger partial charge in [-0.1, -0.05) is 24.7 Å². The Bertz CT molecular complexity index is 431. The topological polar surface area (TPSA) is 53.4 Å². The van der Waals surface area contributed by atoms with E-state index in [2.05, 4.69) is 16.8 Å². The number of hydrogen-bond acceptors (Lipinski definition) is 4. The number of carbonyl (C=O) groups is 1. The molecule has 2 heterocycles. The van der Waals surface area contributed by atoms with Gasteiger partial charge in [-0.3, -0.25) is 0 Å². The number of hydrogen-bond donors (Lipinski definition) is 1. The van der Waals surface area contributed by atoms with Crippen LogP contribution in [0.3, 0.4) is 0 Å². The Balaban J connectivity index is 2.27. The van der Waals surface area contributed by atoms with Crippen LogP contribution in [-0.2, 0) is 6.42 Å². The molecule has 4 nitrogen and oxygen atoms in total. The number of anilines is 1. The summed E-state index contributed by atoms with van der Waals surface area (Å²) in [6.07, 6.45) is 5.29. The van der Waals surface area contributed by atoms with E-state index in [1.165, 1.54) is 30.6 Å². The largest absolute Gasteiger partial charge is 0.477 e. The maximum Gasteiger partial charge on any atom is 0.347 e. The molecule has 1 aromatic heterocycles. The molecule has 1 aromatic rings. The fourth-order valence-corrected chi connectivity index (χ4v) is 3.50. The van der Waals surface area contributed by atoms with Crippen LogP contribution in [0.5, 0.6) is 0 Å². The third-order valence-electron chi connectivity index (χ3n) is 3.42. The Morgan fingerprint density at radius 1 is 1.56 bits per heavy atom. The number of nitrogens with zero attached hydrogens (tertiary/aromatic N) is 2. The molecule has 1 fully saturated rings. The van der Waals surface area contributed by atoms with Crippen molar-refractivity contribution < 1.29 is 9.90 Å². The molecule has 18 heavy (non-hydrogen) atoms. The van der Waals surface area contributed by atoms with Gasteiger partial charge >= 0.3 is 5.97 Å². The lowest BCUT2D eigenvalue weighted by Gasteiger charge is -2.33. The molecule has 1 unspecified atom stereocenters. The van der Waals surface area contributed by atoms with Crippen LogP contribution in [0.15, 0.2) is 0 Å². The van der Waals surface area contributed by atoms with Gasteiger partial charge in [0.15, 0.2) is 5.13 Å². The quantitative estimate of drug-likeness (QED) is 0.911. The second-order valence-corrected chi connectivity index (χ2v) is 5.84. The SMILES string of the molecule is CCCc1nc(N2CCCCC2C)sc1C(=O)O. The van der Waals surface area contributed by atoms with Crippen molar-refractivity contribution in [2.45, 2.75) is 52.0 Å². The smallest absolute Gasteiger partial charge is 0.347 e. The van der Waals surface area contributed by atoms with Crippen LogP contribution in [0.25, 0.3) is 0 Å². The van der Waals surface area contributed by atoms with E-state index in [9.17, 15) is 9.90 Å². The second-order valence-electron chi connectivity index (χ2n) is 4.87. The molecule has 0 radical (unpaired) electrons. The van der Waals surface area contributed by atoms with Gasteiger partial charge in [-0.25, -0.2) is 9.78 Å². The number of thiazole rings is 1. The molecule has 1 aliphatic rings. The van der Waals surface area contributed by atoms with Crippen LogP contribution in [-0.4, -0.2) is 28.6 Å². The predicted molar refractivity (Wildman–Crippen MR) is 73.7 cm³/mol. The van der Waals surface area contributed by atoms with E-state index in [4.69, 9.17) is 0 Å². The zero-order chi connectivity index (χ0) is 13.1. The summed E-state index contributed by atoms with van der Waals surface area (Å²) in [7, 11) is 0. The zero-order valence-electron chi connectivity index (χ0n) is 11.0. The fourth-order valence-electron chi connectivity index (χ4n) is 2.42. The summed E-state index contributed by atoms with van der Waals surface area (Å²) in [5.41, 5.74) is 0.753. The van der Waals surface area contributed by atoms with E-state index >= 15 is 0 Å². The Morgan fingerprint density at radius 2 is 2.33 bits per heavy atom. The van der Waals surface area contributed by atoms with E-state index in [0.717, 1.165) is 30.2 Å². The molecule has 1 N–H and O–H groups in total. The van der Waals surface area contributed by atoms with Gasteiger partial charge in [0, 0.05) is 12.6 Å². The van der Waals surface area contributed by atoms with Crippen molar-refractivity contribution >= 4 is 22.4 Å². The van der Waals surface area contributed by atoms with E-state index < -0.39 is 5.97 Å². The van der Waals surface area contributed by atoms with Gasteiger partial charge in [0.1, 0.15) is 4.88 Å². The van der Waals surface area contributed by atoms with Gasteiger partial charge in [0.05, 0.1) is 5.69 Å². The number of aromatic carboxylic acids is 1. The third kappa shape index (κ3) is 2.66. The Hall–Kier alpha value is -1.10. The summed E-state index contributed by atoms with van der Waals surface area (Å²) >= 11 is 1.33. The Labute approximate surface area is 112 Å². The minimum atomic E-state index is -0.841. The third-order valence-corrected chi connectivity index (χ3v) is 4.54. The number of carboxylic acid groups (broad SMARTS) is 1. The predicted octanol–water partition coefficient (Wildman–Crippen LogP) is 3.17. The van der Waals surface area contributed by atoms with Crippen molar-refractivity contribution in [3.05, 3.63) is 10.6 Å². The molecule has 0 bridgehead atoms. The minimum absolute atomic E-state index is 0.421. The highest BCUT2D eigenvalue weighted by atomic mass is 32.1. The number of carboxylic acids is 1. The summed E-state index contributed by atoms with van der Waals surface area (Å²) in [4.78, 5) is 18.5. The lowest BCUT2D eigenvalue weighted by Crippen LogP contribution is -2.37. The van der Waals surface area contributed by atoms with Crippen molar-refractivity contribution in [2.24, 2.45) is 0 Å². The van der Waals surface area contributed by atoms with Gasteiger partial charge in [-0.15, -0.1) is 0 Å². The normalized spacial score (nSPS) is 20.1. The number of aromatic nitrogens is 1. The molecule has 1 aliphatic heterocycles. The molecule has 1 saturated heterocycles. The van der Waals surface area contributed by atoms with Crippen molar-refractivity contribution in [3.8, 4) is 0 Å². The molecule has 0 aromatic carbocycles. The standard InChI is InChI=1S/C13H20N2O2S/c1-3-6-10-11(12(16)17)18-13(14-10)15-8-5-4-7-9(15)2/h9H,3-8H2,1-2H3,(H,16,17). The number of piperidine rings is 1. The van der Waals surface area contributed by atoms with Crippen LogP contribution < -0.4 is 4.90 Å². The van der Waals surface area contributed by atoms with Gasteiger partial charge in [-0.05, 0) is 32.6 Å². The molecule has 0 amide bonds. The van der Waals surface area contributed by atoms with Gasteiger partial charge in [0.25, 0.3) is 0 Å². The lowest BCUT2D eigenvalue weighted by molar-refractivity contribution is 0.0700. The average molecular weight is 268 g/mol. The van der Waals surface area contributed by atoms with Crippen molar-refractivity contribution in [1.82, 2.24) is 4.98 Å². The van der Waals surface area contributed by atoms with E-state index in [-0.39, 0.29) is 0 Å². The molecular weight excluding hydrogens is 248 g/mol. The molecule has 2 rings (SSSR count). The van der Waals surface area contributed by atoms with Crippen LogP contribution in [0, 0.1) is 0 Å². The molecular formula is C13H20N2O2S. The fraction of sp³-hybridized carbons (Fsp3) is 0.692. The summed E-state index contributed by atoms with van der Waals surface area (Å²) in [6.45, 7) is 5.24.